The molecule has 1 aliphatic rings. The molecule has 1 unspecified atom stereocenters. The van der Waals surface area contributed by atoms with Gasteiger partial charge < -0.3 is 20.1 Å². The van der Waals surface area contributed by atoms with Crippen LogP contribution in [0.25, 0.3) is 10.9 Å². The molecule has 1 aromatic heterocycles. The van der Waals surface area contributed by atoms with E-state index in [1.54, 1.807) is 17.9 Å². The number of hydrogen-bond donors (Lipinski definition) is 2. The molecule has 184 valence electrons. The van der Waals surface area contributed by atoms with Crippen LogP contribution < -0.4 is 10.6 Å². The molecule has 2 heterocycles. The fraction of sp³-hybridized carbons (Fsp3) is 0.370. The minimum absolute atomic E-state index is 0.160. The number of para-hydroxylation sites is 1. The highest BCUT2D eigenvalue weighted by Crippen LogP contribution is 2.39. The first-order valence-electron chi connectivity index (χ1n) is 11.9. The highest BCUT2D eigenvalue weighted by molar-refractivity contribution is 6.31. The molecule has 1 aliphatic heterocycles. The van der Waals surface area contributed by atoms with E-state index in [-0.39, 0.29) is 30.8 Å². The number of hydrogen-bond acceptors (Lipinski definition) is 3. The van der Waals surface area contributed by atoms with E-state index in [0.717, 1.165) is 22.9 Å². The Labute approximate surface area is 210 Å². The van der Waals surface area contributed by atoms with Gasteiger partial charge in [0.15, 0.2) is 0 Å². The lowest BCUT2D eigenvalue weighted by molar-refractivity contribution is -0.133. The first kappa shape index (κ1) is 24.8. The summed E-state index contributed by atoms with van der Waals surface area (Å²) < 4.78 is 1.86. The fourth-order valence-corrected chi connectivity index (χ4v) is 4.84. The summed E-state index contributed by atoms with van der Waals surface area (Å²) in [5.41, 5.74) is 1.19. The molecule has 3 amide bonds. The van der Waals surface area contributed by atoms with Gasteiger partial charge in [-0.3, -0.25) is 14.4 Å². The van der Waals surface area contributed by atoms with Gasteiger partial charge >= 0.3 is 0 Å². The van der Waals surface area contributed by atoms with Gasteiger partial charge in [-0.25, -0.2) is 0 Å². The third-order valence-electron chi connectivity index (χ3n) is 6.56. The topological polar surface area (TPSA) is 83.4 Å². The van der Waals surface area contributed by atoms with Crippen LogP contribution in [0.5, 0.6) is 0 Å². The quantitative estimate of drug-likeness (QED) is 0.493. The molecule has 0 fully saturated rings. The molecular weight excluding hydrogens is 464 g/mol. The van der Waals surface area contributed by atoms with E-state index in [1.807, 2.05) is 47.0 Å². The van der Waals surface area contributed by atoms with Crippen molar-refractivity contribution in [3.8, 4) is 0 Å². The van der Waals surface area contributed by atoms with Crippen molar-refractivity contribution >= 4 is 45.9 Å². The van der Waals surface area contributed by atoms with Crippen LogP contribution in [0.2, 0.25) is 5.02 Å². The van der Waals surface area contributed by atoms with Crippen LogP contribution in [0.3, 0.4) is 0 Å². The summed E-state index contributed by atoms with van der Waals surface area (Å²) in [4.78, 5) is 41.4. The second kappa shape index (κ2) is 9.74. The Morgan fingerprint density at radius 3 is 2.49 bits per heavy atom. The van der Waals surface area contributed by atoms with Gasteiger partial charge in [0.2, 0.25) is 11.8 Å². The number of amides is 3. The van der Waals surface area contributed by atoms with E-state index >= 15 is 0 Å². The van der Waals surface area contributed by atoms with Crippen molar-refractivity contribution < 1.29 is 14.4 Å². The maximum Gasteiger partial charge on any atom is 0.273 e. The minimum Gasteiger partial charge on any atom is -0.354 e. The summed E-state index contributed by atoms with van der Waals surface area (Å²) in [6, 6.07) is 14.8. The number of carbonyl (C=O) groups is 3. The van der Waals surface area contributed by atoms with Crippen LogP contribution in [0.4, 0.5) is 5.69 Å². The summed E-state index contributed by atoms with van der Waals surface area (Å²) in [6.07, 6.45) is 0.838. The van der Waals surface area contributed by atoms with Crippen molar-refractivity contribution in [2.45, 2.75) is 52.7 Å². The third kappa shape index (κ3) is 4.65. The first-order valence-corrected chi connectivity index (χ1v) is 12.2. The number of nitrogens with one attached hydrogen (secondary N) is 2. The molecule has 7 nitrogen and oxygen atoms in total. The van der Waals surface area contributed by atoms with Crippen LogP contribution in [0.1, 0.15) is 50.2 Å². The number of benzene rings is 2. The van der Waals surface area contributed by atoms with Crippen LogP contribution in [-0.2, 0) is 22.7 Å². The van der Waals surface area contributed by atoms with E-state index in [4.69, 9.17) is 11.6 Å². The van der Waals surface area contributed by atoms with E-state index in [9.17, 15) is 14.4 Å². The molecule has 3 aromatic rings. The average molecular weight is 495 g/mol. The van der Waals surface area contributed by atoms with Crippen LogP contribution in [0, 0.1) is 5.92 Å². The maximum atomic E-state index is 14.1. The van der Waals surface area contributed by atoms with Crippen LogP contribution in [-0.4, -0.2) is 39.3 Å². The van der Waals surface area contributed by atoms with Crippen molar-refractivity contribution in [3.63, 3.8) is 0 Å². The predicted molar refractivity (Wildman–Crippen MR) is 138 cm³/mol. The Bertz CT molecular complexity index is 1300. The number of nitrogens with zero attached hydrogens (tertiary/aromatic N) is 2. The molecular formula is C27H31ClN4O3. The molecule has 35 heavy (non-hydrogen) atoms. The standard InChI is InChI=1S/C27H31ClN4O3/c1-17(2)13-14-29-26(35)27(4)16-31-22-12-8-6-10-20(22)23(30-18(3)33)24(31)25(34)32(27)15-19-9-5-7-11-21(19)28/h5-12,17H,13-16H2,1-4H3,(H,29,35)(H,30,33). The highest BCUT2D eigenvalue weighted by atomic mass is 35.5. The maximum absolute atomic E-state index is 14.1. The van der Waals surface area contributed by atoms with Gasteiger partial charge in [-0.2, -0.15) is 0 Å². The van der Waals surface area contributed by atoms with Gasteiger partial charge in [-0.1, -0.05) is 61.8 Å². The molecule has 0 saturated carbocycles. The zero-order valence-corrected chi connectivity index (χ0v) is 21.3. The van der Waals surface area contributed by atoms with Crippen molar-refractivity contribution in [3.05, 3.63) is 64.8 Å². The number of halogens is 1. The molecule has 1 atom stereocenters. The van der Waals surface area contributed by atoms with Crippen molar-refractivity contribution in [2.75, 3.05) is 11.9 Å². The fourth-order valence-electron chi connectivity index (χ4n) is 4.64. The van der Waals surface area contributed by atoms with Crippen molar-refractivity contribution in [2.24, 2.45) is 5.92 Å². The molecule has 2 N–H and O–H groups in total. The van der Waals surface area contributed by atoms with Crippen LogP contribution >= 0.6 is 11.6 Å². The largest absolute Gasteiger partial charge is 0.354 e. The molecule has 0 saturated heterocycles. The molecule has 2 aromatic carbocycles. The van der Waals surface area contributed by atoms with Gasteiger partial charge in [0.1, 0.15) is 11.2 Å². The molecule has 0 radical (unpaired) electrons. The normalized spacial score (nSPS) is 17.5. The van der Waals surface area contributed by atoms with Gasteiger partial charge in [0.05, 0.1) is 17.7 Å². The summed E-state index contributed by atoms with van der Waals surface area (Å²) in [6.45, 7) is 8.34. The van der Waals surface area contributed by atoms with Crippen molar-refractivity contribution in [1.82, 2.24) is 14.8 Å². The molecule has 0 aliphatic carbocycles. The third-order valence-corrected chi connectivity index (χ3v) is 6.93. The molecule has 0 spiro atoms. The number of fused-ring (bicyclic) bond motifs is 3. The molecule has 8 heteroatoms. The van der Waals surface area contributed by atoms with Gasteiger partial charge in [0, 0.05) is 30.4 Å². The van der Waals surface area contributed by atoms with E-state index in [1.165, 1.54) is 6.92 Å². The Morgan fingerprint density at radius 2 is 1.80 bits per heavy atom. The summed E-state index contributed by atoms with van der Waals surface area (Å²) >= 11 is 6.45. The van der Waals surface area contributed by atoms with Crippen molar-refractivity contribution in [1.29, 1.82) is 0 Å². The lowest BCUT2D eigenvalue weighted by Crippen LogP contribution is -2.63. The van der Waals surface area contributed by atoms with E-state index < -0.39 is 5.54 Å². The van der Waals surface area contributed by atoms with Gasteiger partial charge in [-0.05, 0) is 37.0 Å². The minimum atomic E-state index is -1.17. The smallest absolute Gasteiger partial charge is 0.273 e. The Balaban J connectivity index is 1.85. The SMILES string of the molecule is CC(=O)Nc1c2n(c3ccccc13)CC(C)(C(=O)NCCC(C)C)N(Cc1ccccc1Cl)C2=O. The Morgan fingerprint density at radius 1 is 1.11 bits per heavy atom. The lowest BCUT2D eigenvalue weighted by atomic mass is 9.93. The zero-order valence-electron chi connectivity index (χ0n) is 20.5. The summed E-state index contributed by atoms with van der Waals surface area (Å²) in [5, 5.41) is 7.18. The Kier molecular flexibility index (Phi) is 6.90. The van der Waals surface area contributed by atoms with Gasteiger partial charge in [-0.15, -0.1) is 0 Å². The Hall–Kier alpha value is -3.32. The number of aromatic nitrogens is 1. The lowest BCUT2D eigenvalue weighted by Gasteiger charge is -2.44. The summed E-state index contributed by atoms with van der Waals surface area (Å²) in [5.74, 6) is -0.384. The second-order valence-electron chi connectivity index (χ2n) is 9.70. The molecule has 4 rings (SSSR count). The number of carbonyl (C=O) groups excluding carboxylic acids is 3. The number of rotatable bonds is 7. The highest BCUT2D eigenvalue weighted by Gasteiger charge is 2.49. The average Bonchev–Trinajstić information content (AvgIpc) is 3.10. The van der Waals surface area contributed by atoms with Gasteiger partial charge in [0.25, 0.3) is 5.91 Å². The first-order chi connectivity index (χ1) is 16.6. The zero-order chi connectivity index (χ0) is 25.3. The summed E-state index contributed by atoms with van der Waals surface area (Å²) in [7, 11) is 0. The second-order valence-corrected chi connectivity index (χ2v) is 10.1. The monoisotopic (exact) mass is 494 g/mol. The van der Waals surface area contributed by atoms with Crippen LogP contribution in [0.15, 0.2) is 48.5 Å². The van der Waals surface area contributed by atoms with E-state index in [0.29, 0.717) is 28.9 Å². The van der Waals surface area contributed by atoms with E-state index in [2.05, 4.69) is 24.5 Å². The molecule has 0 bridgehead atoms. The predicted octanol–water partition coefficient (Wildman–Crippen LogP) is 4.83. The number of anilines is 1.